The lowest BCUT2D eigenvalue weighted by molar-refractivity contribution is -0.141. The van der Waals surface area contributed by atoms with Gasteiger partial charge in [-0.2, -0.15) is 26.3 Å². The summed E-state index contributed by atoms with van der Waals surface area (Å²) in [5.41, 5.74) is 3.04. The van der Waals surface area contributed by atoms with Gasteiger partial charge in [0.05, 0.1) is 23.0 Å². The SMILES string of the molecule is Fc1cnc(C(F)(F)F)cc1-c1nc2c(o1)CCCC2.NC(=O)c1cccc(C(F)(F)F)c1. The molecule has 0 aliphatic heterocycles. The van der Waals surface area contributed by atoms with E-state index < -0.39 is 35.3 Å². The number of alkyl halides is 6. The number of rotatable bonds is 2. The van der Waals surface area contributed by atoms with Crippen LogP contribution in [0.4, 0.5) is 30.7 Å². The highest BCUT2D eigenvalue weighted by molar-refractivity contribution is 5.92. The van der Waals surface area contributed by atoms with E-state index in [4.69, 9.17) is 10.2 Å². The lowest BCUT2D eigenvalue weighted by atomic mass is 10.0. The third kappa shape index (κ3) is 5.88. The van der Waals surface area contributed by atoms with Crippen molar-refractivity contribution >= 4 is 5.91 Å². The Hall–Kier alpha value is -3.44. The van der Waals surface area contributed by atoms with Crippen LogP contribution < -0.4 is 5.73 Å². The standard InChI is InChI=1S/C13H10F4N2O.C8H6F3NO/c14-8-6-18-11(13(15,16)17)5-7(8)12-19-9-3-1-2-4-10(9)20-12;9-8(10,11)6-3-1-2-5(4-6)7(12)13/h5-6H,1-4H2;1-4H,(H2,12,13). The maximum absolute atomic E-state index is 13.7. The van der Waals surface area contributed by atoms with Gasteiger partial charge in [-0.05, 0) is 43.5 Å². The molecule has 12 heteroatoms. The third-order valence-electron chi connectivity index (χ3n) is 4.70. The minimum absolute atomic E-state index is 0.109. The van der Waals surface area contributed by atoms with E-state index in [1.54, 1.807) is 0 Å². The van der Waals surface area contributed by atoms with Crippen molar-refractivity contribution in [2.75, 3.05) is 0 Å². The molecule has 2 N–H and O–H groups in total. The molecule has 2 aromatic heterocycles. The van der Waals surface area contributed by atoms with E-state index in [-0.39, 0.29) is 17.0 Å². The number of carbonyl (C=O) groups is 1. The van der Waals surface area contributed by atoms with Gasteiger partial charge in [-0.1, -0.05) is 6.07 Å². The van der Waals surface area contributed by atoms with Gasteiger partial charge in [0, 0.05) is 12.0 Å². The number of fused-ring (bicyclic) bond motifs is 1. The molecule has 0 radical (unpaired) electrons. The van der Waals surface area contributed by atoms with Crippen LogP contribution in [-0.2, 0) is 25.2 Å². The molecule has 176 valence electrons. The van der Waals surface area contributed by atoms with E-state index in [9.17, 15) is 35.5 Å². The van der Waals surface area contributed by atoms with Crippen LogP contribution in [0.15, 0.2) is 40.9 Å². The van der Waals surface area contributed by atoms with Gasteiger partial charge in [0.2, 0.25) is 11.8 Å². The summed E-state index contributed by atoms with van der Waals surface area (Å²) in [4.78, 5) is 17.7. The van der Waals surface area contributed by atoms with E-state index in [0.29, 0.717) is 36.6 Å². The van der Waals surface area contributed by atoms with Gasteiger partial charge >= 0.3 is 12.4 Å². The van der Waals surface area contributed by atoms with E-state index in [1.807, 2.05) is 0 Å². The Balaban J connectivity index is 0.000000205. The number of carbonyl (C=O) groups excluding carboxylic acids is 1. The Morgan fingerprint density at radius 2 is 1.70 bits per heavy atom. The number of benzene rings is 1. The molecule has 3 aromatic rings. The van der Waals surface area contributed by atoms with Crippen molar-refractivity contribution < 1.29 is 39.9 Å². The van der Waals surface area contributed by atoms with Gasteiger partial charge in [0.15, 0.2) is 5.82 Å². The summed E-state index contributed by atoms with van der Waals surface area (Å²) in [6.07, 6.45) is -5.25. The molecule has 1 aliphatic rings. The molecule has 0 bridgehead atoms. The number of oxazole rings is 1. The van der Waals surface area contributed by atoms with Gasteiger partial charge in [0.25, 0.3) is 0 Å². The summed E-state index contributed by atoms with van der Waals surface area (Å²) >= 11 is 0. The largest absolute Gasteiger partial charge is 0.441 e. The van der Waals surface area contributed by atoms with Gasteiger partial charge in [0.1, 0.15) is 11.5 Å². The van der Waals surface area contributed by atoms with Crippen molar-refractivity contribution in [3.05, 3.63) is 70.6 Å². The summed E-state index contributed by atoms with van der Waals surface area (Å²) in [6.45, 7) is 0. The number of aromatic nitrogens is 2. The highest BCUT2D eigenvalue weighted by Gasteiger charge is 2.34. The fraction of sp³-hybridized carbons (Fsp3) is 0.286. The van der Waals surface area contributed by atoms with Crippen LogP contribution >= 0.6 is 0 Å². The highest BCUT2D eigenvalue weighted by Crippen LogP contribution is 2.33. The molecule has 1 aromatic carbocycles. The summed E-state index contributed by atoms with van der Waals surface area (Å²) in [6, 6.07) is 4.61. The number of halogens is 7. The van der Waals surface area contributed by atoms with Crippen LogP contribution in [0.1, 0.15) is 45.9 Å². The zero-order valence-electron chi connectivity index (χ0n) is 16.7. The highest BCUT2D eigenvalue weighted by atomic mass is 19.4. The smallest absolute Gasteiger partial charge is 0.433 e. The Labute approximate surface area is 182 Å². The van der Waals surface area contributed by atoms with Gasteiger partial charge in [-0.15, -0.1) is 0 Å². The number of nitrogens with zero attached hydrogens (tertiary/aromatic N) is 2. The molecule has 0 unspecified atom stereocenters. The lowest BCUT2D eigenvalue weighted by Crippen LogP contribution is -2.13. The second-order valence-corrected chi connectivity index (χ2v) is 7.09. The molecule has 0 saturated carbocycles. The second-order valence-electron chi connectivity index (χ2n) is 7.09. The molecular weight excluding hydrogens is 459 g/mol. The number of aryl methyl sites for hydroxylation is 2. The first-order chi connectivity index (χ1) is 15.4. The summed E-state index contributed by atoms with van der Waals surface area (Å²) < 4.78 is 93.1. The van der Waals surface area contributed by atoms with Gasteiger partial charge < -0.3 is 10.2 Å². The molecule has 0 saturated heterocycles. The molecule has 33 heavy (non-hydrogen) atoms. The topological polar surface area (TPSA) is 82.0 Å². The maximum Gasteiger partial charge on any atom is 0.433 e. The number of amides is 1. The van der Waals surface area contributed by atoms with Crippen molar-refractivity contribution in [3.63, 3.8) is 0 Å². The Bertz CT molecular complexity index is 1130. The molecule has 5 nitrogen and oxygen atoms in total. The first kappa shape index (κ1) is 24.2. The van der Waals surface area contributed by atoms with Crippen LogP contribution in [0.25, 0.3) is 11.5 Å². The average molecular weight is 475 g/mol. The monoisotopic (exact) mass is 475 g/mol. The number of hydrogen-bond donors (Lipinski definition) is 1. The van der Waals surface area contributed by atoms with Crippen molar-refractivity contribution in [2.24, 2.45) is 5.73 Å². The quantitative estimate of drug-likeness (QED) is 0.491. The minimum Gasteiger partial charge on any atom is -0.441 e. The predicted octanol–water partition coefficient (Wildman–Crippen LogP) is 5.58. The molecule has 1 amide bonds. The van der Waals surface area contributed by atoms with Gasteiger partial charge in [-0.3, -0.25) is 4.79 Å². The van der Waals surface area contributed by atoms with Gasteiger partial charge in [-0.25, -0.2) is 14.4 Å². The molecular formula is C21H16F7N3O2. The number of hydrogen-bond acceptors (Lipinski definition) is 4. The number of primary amides is 1. The molecule has 2 heterocycles. The van der Waals surface area contributed by atoms with Crippen molar-refractivity contribution in [2.45, 2.75) is 38.0 Å². The van der Waals surface area contributed by atoms with Crippen LogP contribution in [0.2, 0.25) is 0 Å². The molecule has 4 rings (SSSR count). The normalized spacial score (nSPS) is 13.7. The van der Waals surface area contributed by atoms with E-state index >= 15 is 0 Å². The van der Waals surface area contributed by atoms with Crippen LogP contribution in [0, 0.1) is 5.82 Å². The summed E-state index contributed by atoms with van der Waals surface area (Å²) in [5, 5.41) is 0. The van der Waals surface area contributed by atoms with Crippen LogP contribution in [0.3, 0.4) is 0 Å². The Morgan fingerprint density at radius 3 is 2.30 bits per heavy atom. The van der Waals surface area contributed by atoms with E-state index in [1.165, 1.54) is 6.07 Å². The molecule has 0 fully saturated rings. The zero-order valence-corrected chi connectivity index (χ0v) is 16.7. The predicted molar refractivity (Wildman–Crippen MR) is 101 cm³/mol. The second kappa shape index (κ2) is 9.20. The van der Waals surface area contributed by atoms with Crippen LogP contribution in [0.5, 0.6) is 0 Å². The molecule has 1 aliphatic carbocycles. The molecule has 0 atom stereocenters. The van der Waals surface area contributed by atoms with E-state index in [2.05, 4.69) is 9.97 Å². The average Bonchev–Trinajstić information content (AvgIpc) is 3.17. The number of nitrogens with two attached hydrogens (primary N) is 1. The van der Waals surface area contributed by atoms with Crippen LogP contribution in [-0.4, -0.2) is 15.9 Å². The number of pyridine rings is 1. The summed E-state index contributed by atoms with van der Waals surface area (Å²) in [5.74, 6) is -1.22. The zero-order chi connectivity index (χ0) is 24.4. The van der Waals surface area contributed by atoms with Crippen molar-refractivity contribution in [1.82, 2.24) is 9.97 Å². The first-order valence-corrected chi connectivity index (χ1v) is 9.55. The lowest BCUT2D eigenvalue weighted by Gasteiger charge is -2.06. The first-order valence-electron chi connectivity index (χ1n) is 9.55. The fourth-order valence-corrected chi connectivity index (χ4v) is 3.07. The summed E-state index contributed by atoms with van der Waals surface area (Å²) in [7, 11) is 0. The maximum atomic E-state index is 13.7. The minimum atomic E-state index is -4.63. The third-order valence-corrected chi connectivity index (χ3v) is 4.70. The molecule has 0 spiro atoms. The van der Waals surface area contributed by atoms with Crippen molar-refractivity contribution in [1.29, 1.82) is 0 Å². The van der Waals surface area contributed by atoms with Crippen molar-refractivity contribution in [3.8, 4) is 11.5 Å². The Kier molecular flexibility index (Phi) is 6.75. The van der Waals surface area contributed by atoms with E-state index in [0.717, 1.165) is 31.0 Å². The fourth-order valence-electron chi connectivity index (χ4n) is 3.07. The Morgan fingerprint density at radius 1 is 1.00 bits per heavy atom.